The minimum absolute atomic E-state index is 0.00662. The average molecular weight is 511 g/mol. The van der Waals surface area contributed by atoms with Crippen molar-refractivity contribution >= 4 is 5.78 Å². The van der Waals surface area contributed by atoms with Crippen LogP contribution >= 0.6 is 0 Å². The van der Waals surface area contributed by atoms with E-state index in [4.69, 9.17) is 9.47 Å². The highest BCUT2D eigenvalue weighted by Gasteiger charge is 2.55. The van der Waals surface area contributed by atoms with E-state index in [0.717, 1.165) is 23.1 Å². The number of benzene rings is 3. The summed E-state index contributed by atoms with van der Waals surface area (Å²) in [5, 5.41) is 25.1. The lowest BCUT2D eigenvalue weighted by atomic mass is 9.61. The number of Topliss-reactive ketones (excluding diaryl/α,β-unsaturated/α-hetero) is 1. The second-order valence-corrected chi connectivity index (χ2v) is 10.5. The zero-order valence-electron chi connectivity index (χ0n) is 21.7. The van der Waals surface area contributed by atoms with Crippen molar-refractivity contribution in [2.24, 2.45) is 17.8 Å². The summed E-state index contributed by atoms with van der Waals surface area (Å²) in [5.41, 5.74) is 1.46. The van der Waals surface area contributed by atoms with Crippen LogP contribution in [0.1, 0.15) is 36.0 Å². The summed E-state index contributed by atoms with van der Waals surface area (Å²) < 4.78 is 11.7. The van der Waals surface area contributed by atoms with E-state index in [-0.39, 0.29) is 30.0 Å². The number of nitriles is 1. The molecular formula is C32H34N2O4. The van der Waals surface area contributed by atoms with Crippen molar-refractivity contribution in [3.63, 3.8) is 0 Å². The van der Waals surface area contributed by atoms with Crippen LogP contribution in [-0.4, -0.2) is 30.6 Å². The summed E-state index contributed by atoms with van der Waals surface area (Å²) in [6, 6.07) is 27.1. The van der Waals surface area contributed by atoms with Gasteiger partial charge in [-0.25, -0.2) is 0 Å². The standard InChI is InChI=1S/C32H34N2O4/c1-37-30-14-8-6-12-26(30)32(36)19-23(15-16-33)17-25-27(32)20-34-31(25)28(35)18-24-11-5-7-13-29(24)38-21-22-9-3-2-4-10-22/h2-14,23,25,27,31,34,36H,15,17-21H2,1H3/t23-,25-,27-,31?,32-/m1/s1. The molecule has 1 unspecified atom stereocenters. The van der Waals surface area contributed by atoms with Crippen LogP contribution in [0.4, 0.5) is 0 Å². The van der Waals surface area contributed by atoms with Crippen LogP contribution in [0.2, 0.25) is 0 Å². The van der Waals surface area contributed by atoms with Crippen molar-refractivity contribution in [2.75, 3.05) is 13.7 Å². The Morgan fingerprint density at radius 1 is 1.05 bits per heavy atom. The van der Waals surface area contributed by atoms with Gasteiger partial charge in [-0.3, -0.25) is 4.79 Å². The van der Waals surface area contributed by atoms with Gasteiger partial charge in [0, 0.05) is 36.4 Å². The summed E-state index contributed by atoms with van der Waals surface area (Å²) in [4.78, 5) is 13.7. The molecule has 1 saturated carbocycles. The molecule has 196 valence electrons. The van der Waals surface area contributed by atoms with Crippen LogP contribution in [0.3, 0.4) is 0 Å². The molecule has 2 fully saturated rings. The summed E-state index contributed by atoms with van der Waals surface area (Å²) in [6.45, 7) is 0.960. The second-order valence-electron chi connectivity index (χ2n) is 10.5. The number of rotatable bonds is 9. The van der Waals surface area contributed by atoms with E-state index in [0.29, 0.717) is 37.5 Å². The highest BCUT2D eigenvalue weighted by Crippen LogP contribution is 2.52. The molecule has 3 aromatic carbocycles. The maximum absolute atomic E-state index is 13.7. The predicted molar refractivity (Wildman–Crippen MR) is 145 cm³/mol. The topological polar surface area (TPSA) is 91.6 Å². The first-order chi connectivity index (χ1) is 18.5. The lowest BCUT2D eigenvalue weighted by Crippen LogP contribution is -2.48. The number of ether oxygens (including phenoxy) is 2. The Bertz CT molecular complexity index is 1300. The smallest absolute Gasteiger partial charge is 0.154 e. The zero-order valence-corrected chi connectivity index (χ0v) is 21.7. The van der Waals surface area contributed by atoms with Gasteiger partial charge in [-0.15, -0.1) is 0 Å². The average Bonchev–Trinajstić information content (AvgIpc) is 3.38. The van der Waals surface area contributed by atoms with Gasteiger partial charge in [0.05, 0.1) is 24.8 Å². The van der Waals surface area contributed by atoms with Crippen molar-refractivity contribution in [3.8, 4) is 17.6 Å². The van der Waals surface area contributed by atoms with E-state index in [9.17, 15) is 15.2 Å². The van der Waals surface area contributed by atoms with Gasteiger partial charge in [0.1, 0.15) is 18.1 Å². The minimum Gasteiger partial charge on any atom is -0.496 e. The molecule has 2 N–H and O–H groups in total. The summed E-state index contributed by atoms with van der Waals surface area (Å²) >= 11 is 0. The van der Waals surface area contributed by atoms with E-state index in [1.165, 1.54) is 0 Å². The zero-order chi connectivity index (χ0) is 26.5. The van der Waals surface area contributed by atoms with Crippen molar-refractivity contribution in [2.45, 2.75) is 43.9 Å². The fourth-order valence-electron chi connectivity index (χ4n) is 6.44. The molecular weight excluding hydrogens is 476 g/mol. The Hall–Kier alpha value is -3.66. The number of hydrogen-bond acceptors (Lipinski definition) is 6. The second kappa shape index (κ2) is 11.4. The van der Waals surface area contributed by atoms with E-state index in [1.54, 1.807) is 7.11 Å². The number of carbonyl (C=O) groups is 1. The molecule has 3 aromatic rings. The van der Waals surface area contributed by atoms with Crippen LogP contribution in [-0.2, 0) is 23.4 Å². The fourth-order valence-corrected chi connectivity index (χ4v) is 6.44. The number of fused-ring (bicyclic) bond motifs is 1. The van der Waals surface area contributed by atoms with Gasteiger partial charge in [0.15, 0.2) is 5.78 Å². The molecule has 1 saturated heterocycles. The lowest BCUT2D eigenvalue weighted by Gasteiger charge is -2.46. The molecule has 0 spiro atoms. The SMILES string of the molecule is COc1ccccc1[C@]1(O)C[C@H](CC#N)C[C@H]2C(C(=O)Cc3ccccc3OCc3ccccc3)NC[C@H]21. The number of hydrogen-bond donors (Lipinski definition) is 2. The van der Waals surface area contributed by atoms with Crippen LogP contribution in [0.15, 0.2) is 78.9 Å². The molecule has 5 rings (SSSR count). The highest BCUT2D eigenvalue weighted by molar-refractivity contribution is 5.87. The van der Waals surface area contributed by atoms with E-state index < -0.39 is 11.6 Å². The number of methoxy groups -OCH3 is 1. The van der Waals surface area contributed by atoms with Crippen molar-refractivity contribution < 1.29 is 19.4 Å². The third-order valence-electron chi connectivity index (χ3n) is 8.20. The molecule has 1 heterocycles. The largest absolute Gasteiger partial charge is 0.496 e. The van der Waals surface area contributed by atoms with Gasteiger partial charge in [-0.1, -0.05) is 66.7 Å². The molecule has 38 heavy (non-hydrogen) atoms. The summed E-state index contributed by atoms with van der Waals surface area (Å²) in [7, 11) is 1.60. The number of carbonyl (C=O) groups excluding carboxylic acids is 1. The van der Waals surface area contributed by atoms with Crippen molar-refractivity contribution in [1.82, 2.24) is 5.32 Å². The van der Waals surface area contributed by atoms with Crippen LogP contribution < -0.4 is 14.8 Å². The normalized spacial score (nSPS) is 26.2. The van der Waals surface area contributed by atoms with Gasteiger partial charge >= 0.3 is 0 Å². The van der Waals surface area contributed by atoms with Gasteiger partial charge in [0.25, 0.3) is 0 Å². The molecule has 0 bridgehead atoms. The molecule has 0 aromatic heterocycles. The van der Waals surface area contributed by atoms with Crippen LogP contribution in [0.25, 0.3) is 0 Å². The maximum Gasteiger partial charge on any atom is 0.154 e. The summed E-state index contributed by atoms with van der Waals surface area (Å²) in [5.74, 6) is 1.16. The maximum atomic E-state index is 13.7. The molecule has 0 amide bonds. The van der Waals surface area contributed by atoms with Gasteiger partial charge in [0.2, 0.25) is 0 Å². The molecule has 1 aliphatic heterocycles. The van der Waals surface area contributed by atoms with Crippen molar-refractivity contribution in [1.29, 1.82) is 5.26 Å². The molecule has 5 atom stereocenters. The molecule has 0 radical (unpaired) electrons. The Morgan fingerprint density at radius 2 is 1.76 bits per heavy atom. The van der Waals surface area contributed by atoms with E-state index >= 15 is 0 Å². The van der Waals surface area contributed by atoms with E-state index in [1.807, 2.05) is 78.9 Å². The van der Waals surface area contributed by atoms with Gasteiger partial charge in [-0.2, -0.15) is 5.26 Å². The Labute approximate surface area is 224 Å². The third kappa shape index (κ3) is 5.18. The number of ketones is 1. The summed E-state index contributed by atoms with van der Waals surface area (Å²) in [6.07, 6.45) is 1.78. The Balaban J connectivity index is 1.37. The first-order valence-electron chi connectivity index (χ1n) is 13.3. The molecule has 2 aliphatic rings. The third-order valence-corrected chi connectivity index (χ3v) is 8.20. The number of nitrogens with zero attached hydrogens (tertiary/aromatic N) is 1. The van der Waals surface area contributed by atoms with Gasteiger partial charge in [-0.05, 0) is 42.4 Å². The first kappa shape index (κ1) is 26.0. The Kier molecular flexibility index (Phi) is 7.78. The van der Waals surface area contributed by atoms with Gasteiger partial charge < -0.3 is 19.9 Å². The lowest BCUT2D eigenvalue weighted by molar-refractivity contribution is -0.124. The first-order valence-corrected chi connectivity index (χ1v) is 13.3. The monoisotopic (exact) mass is 510 g/mol. The molecule has 1 aliphatic carbocycles. The number of para-hydroxylation sites is 2. The van der Waals surface area contributed by atoms with Crippen LogP contribution in [0, 0.1) is 29.1 Å². The van der Waals surface area contributed by atoms with Crippen LogP contribution in [0.5, 0.6) is 11.5 Å². The number of nitrogens with one attached hydrogen (secondary N) is 1. The van der Waals surface area contributed by atoms with E-state index in [2.05, 4.69) is 11.4 Å². The fraction of sp³-hybridized carbons (Fsp3) is 0.375. The number of aliphatic hydroxyl groups is 1. The minimum atomic E-state index is -1.18. The van der Waals surface area contributed by atoms with Crippen molar-refractivity contribution in [3.05, 3.63) is 95.6 Å². The molecule has 6 heteroatoms. The highest BCUT2D eigenvalue weighted by atomic mass is 16.5. The quantitative estimate of drug-likeness (QED) is 0.430. The Morgan fingerprint density at radius 3 is 2.53 bits per heavy atom. The molecule has 6 nitrogen and oxygen atoms in total. The predicted octanol–water partition coefficient (Wildman–Crippen LogP) is 4.80.